The number of benzene rings is 1. The van der Waals surface area contributed by atoms with Crippen molar-refractivity contribution in [3.8, 4) is 5.75 Å². The van der Waals surface area contributed by atoms with Gasteiger partial charge < -0.3 is 25.2 Å². The van der Waals surface area contributed by atoms with E-state index in [2.05, 4.69) is 39.1 Å². The Morgan fingerprint density at radius 2 is 1.87 bits per heavy atom. The summed E-state index contributed by atoms with van der Waals surface area (Å²) in [7, 11) is 0. The smallest absolute Gasteiger partial charge is 0.387 e. The minimum atomic E-state index is -2.87. The molecule has 7 nitrogen and oxygen atoms in total. The molecule has 1 aromatic rings. The van der Waals surface area contributed by atoms with Crippen LogP contribution >= 0.6 is 24.0 Å². The monoisotopic (exact) mass is 542 g/mol. The molecule has 2 rings (SSSR count). The maximum atomic E-state index is 12.2. The molecule has 0 aliphatic carbocycles. The second-order valence-corrected chi connectivity index (χ2v) is 7.45. The lowest BCUT2D eigenvalue weighted by molar-refractivity contribution is -0.0498. The number of rotatable bonds is 9. The molecular formula is C20H33F2IN4O3. The molecule has 3 N–H and O–H groups in total. The average Bonchev–Trinajstić information content (AvgIpc) is 2.70. The molecule has 0 aromatic heterocycles. The first-order valence-corrected chi connectivity index (χ1v) is 9.89. The lowest BCUT2D eigenvalue weighted by Crippen LogP contribution is -2.52. The second kappa shape index (κ2) is 13.2. The SMILES string of the molecule is CCNC(=NCC(C)(C)N1CCOCC1)NCC(O)c1ccc(OC(F)F)cc1.I. The number of aliphatic hydroxyl groups is 1. The van der Waals surface area contributed by atoms with E-state index >= 15 is 0 Å². The van der Waals surface area contributed by atoms with Crippen molar-refractivity contribution in [2.75, 3.05) is 45.9 Å². The van der Waals surface area contributed by atoms with Crippen molar-refractivity contribution in [1.82, 2.24) is 15.5 Å². The van der Waals surface area contributed by atoms with Gasteiger partial charge in [0.05, 0.1) is 25.9 Å². The third-order valence-corrected chi connectivity index (χ3v) is 4.79. The minimum Gasteiger partial charge on any atom is -0.435 e. The van der Waals surface area contributed by atoms with Gasteiger partial charge in [0, 0.05) is 31.7 Å². The van der Waals surface area contributed by atoms with Gasteiger partial charge in [-0.05, 0) is 38.5 Å². The highest BCUT2D eigenvalue weighted by molar-refractivity contribution is 14.0. The van der Waals surface area contributed by atoms with Crippen LogP contribution in [0.15, 0.2) is 29.3 Å². The lowest BCUT2D eigenvalue weighted by atomic mass is 10.0. The maximum Gasteiger partial charge on any atom is 0.387 e. The van der Waals surface area contributed by atoms with Crippen LogP contribution in [0.5, 0.6) is 5.75 Å². The number of alkyl halides is 2. The van der Waals surface area contributed by atoms with Gasteiger partial charge in [0.25, 0.3) is 0 Å². The zero-order valence-corrected chi connectivity index (χ0v) is 20.1. The van der Waals surface area contributed by atoms with E-state index in [1.807, 2.05) is 6.92 Å². The Morgan fingerprint density at radius 3 is 2.43 bits per heavy atom. The first-order valence-electron chi connectivity index (χ1n) is 9.89. The summed E-state index contributed by atoms with van der Waals surface area (Å²) in [5.74, 6) is 0.676. The number of hydrogen-bond donors (Lipinski definition) is 3. The van der Waals surface area contributed by atoms with Gasteiger partial charge >= 0.3 is 6.61 Å². The van der Waals surface area contributed by atoms with Crippen molar-refractivity contribution in [2.24, 2.45) is 4.99 Å². The van der Waals surface area contributed by atoms with E-state index in [1.54, 1.807) is 12.1 Å². The predicted octanol–water partition coefficient (Wildman–Crippen LogP) is 2.61. The third-order valence-electron chi connectivity index (χ3n) is 4.79. The molecule has 1 heterocycles. The molecule has 1 unspecified atom stereocenters. The number of nitrogens with one attached hydrogen (secondary N) is 2. The van der Waals surface area contributed by atoms with Crippen LogP contribution in [-0.4, -0.2) is 74.1 Å². The summed E-state index contributed by atoms with van der Waals surface area (Å²) >= 11 is 0. The van der Waals surface area contributed by atoms with Crippen LogP contribution in [0.4, 0.5) is 8.78 Å². The summed E-state index contributed by atoms with van der Waals surface area (Å²) in [6.45, 7) is 8.18. The summed E-state index contributed by atoms with van der Waals surface area (Å²) in [5.41, 5.74) is 0.495. The van der Waals surface area contributed by atoms with Gasteiger partial charge in [0.1, 0.15) is 5.75 Å². The van der Waals surface area contributed by atoms with E-state index < -0.39 is 12.7 Å². The molecule has 10 heteroatoms. The fourth-order valence-electron chi connectivity index (χ4n) is 3.07. The van der Waals surface area contributed by atoms with Crippen LogP contribution in [-0.2, 0) is 4.74 Å². The Balaban J connectivity index is 0.00000450. The van der Waals surface area contributed by atoms with Crippen LogP contribution in [0.1, 0.15) is 32.4 Å². The Hall–Kier alpha value is -1.24. The van der Waals surface area contributed by atoms with Crippen molar-refractivity contribution >= 4 is 29.9 Å². The highest BCUT2D eigenvalue weighted by Gasteiger charge is 2.28. The van der Waals surface area contributed by atoms with Crippen molar-refractivity contribution in [3.05, 3.63) is 29.8 Å². The van der Waals surface area contributed by atoms with Gasteiger partial charge in [0.2, 0.25) is 0 Å². The number of halogens is 3. The molecule has 1 aliphatic heterocycles. The number of aliphatic hydroxyl groups excluding tert-OH is 1. The third kappa shape index (κ3) is 8.86. The van der Waals surface area contributed by atoms with Crippen LogP contribution in [0, 0.1) is 0 Å². The van der Waals surface area contributed by atoms with Crippen LogP contribution in [0.2, 0.25) is 0 Å². The fraction of sp³-hybridized carbons (Fsp3) is 0.650. The number of morpholine rings is 1. The molecule has 1 aromatic carbocycles. The van der Waals surface area contributed by atoms with Gasteiger partial charge in [-0.15, -0.1) is 24.0 Å². The summed E-state index contributed by atoms with van der Waals surface area (Å²) < 4.78 is 34.2. The molecule has 0 amide bonds. The van der Waals surface area contributed by atoms with Crippen molar-refractivity contribution in [3.63, 3.8) is 0 Å². The van der Waals surface area contributed by atoms with E-state index in [9.17, 15) is 13.9 Å². The largest absolute Gasteiger partial charge is 0.435 e. The Bertz CT molecular complexity index is 641. The minimum absolute atomic E-state index is 0. The first kappa shape index (κ1) is 26.8. The fourth-order valence-corrected chi connectivity index (χ4v) is 3.07. The van der Waals surface area contributed by atoms with Gasteiger partial charge in [-0.25, -0.2) is 0 Å². The number of hydrogen-bond acceptors (Lipinski definition) is 5. The molecule has 1 aliphatic rings. The number of aliphatic imine (C=N–C) groups is 1. The van der Waals surface area contributed by atoms with E-state index in [-0.39, 0.29) is 41.8 Å². The van der Waals surface area contributed by atoms with Crippen molar-refractivity contribution in [2.45, 2.75) is 39.0 Å². The maximum absolute atomic E-state index is 12.2. The number of nitrogens with zero attached hydrogens (tertiary/aromatic N) is 2. The quantitative estimate of drug-likeness (QED) is 0.253. The zero-order chi connectivity index (χ0) is 21.3. The number of ether oxygens (including phenoxy) is 2. The molecule has 0 saturated carbocycles. The first-order chi connectivity index (χ1) is 13.8. The Labute approximate surface area is 194 Å². The van der Waals surface area contributed by atoms with E-state index in [0.29, 0.717) is 24.6 Å². The Kier molecular flexibility index (Phi) is 11.8. The molecule has 0 spiro atoms. The van der Waals surface area contributed by atoms with Crippen LogP contribution < -0.4 is 15.4 Å². The highest BCUT2D eigenvalue weighted by Crippen LogP contribution is 2.19. The van der Waals surface area contributed by atoms with E-state index in [0.717, 1.165) is 26.3 Å². The standard InChI is InChI=1S/C20H32F2N4O3.HI/c1-4-23-19(25-14-20(2,3)26-9-11-28-12-10-26)24-13-17(27)15-5-7-16(8-6-15)29-18(21)22;/h5-8,17-18,27H,4,9-14H2,1-3H3,(H2,23,24,25);1H. The highest BCUT2D eigenvalue weighted by atomic mass is 127. The molecule has 1 saturated heterocycles. The number of guanidine groups is 1. The summed E-state index contributed by atoms with van der Waals surface area (Å²) in [4.78, 5) is 7.03. The molecule has 0 bridgehead atoms. The summed E-state index contributed by atoms with van der Waals surface area (Å²) in [6, 6.07) is 5.95. The van der Waals surface area contributed by atoms with Crippen LogP contribution in [0.3, 0.4) is 0 Å². The average molecular weight is 542 g/mol. The van der Waals surface area contributed by atoms with Gasteiger partial charge in [-0.1, -0.05) is 12.1 Å². The van der Waals surface area contributed by atoms with Crippen molar-refractivity contribution < 1.29 is 23.4 Å². The van der Waals surface area contributed by atoms with Gasteiger partial charge in [-0.3, -0.25) is 9.89 Å². The topological polar surface area (TPSA) is 78.4 Å². The van der Waals surface area contributed by atoms with Gasteiger partial charge in [0.15, 0.2) is 5.96 Å². The lowest BCUT2D eigenvalue weighted by Gasteiger charge is -2.39. The summed E-state index contributed by atoms with van der Waals surface area (Å²) in [6.07, 6.45) is -0.813. The summed E-state index contributed by atoms with van der Waals surface area (Å²) in [5, 5.41) is 16.7. The van der Waals surface area contributed by atoms with Crippen LogP contribution in [0.25, 0.3) is 0 Å². The molecule has 1 atom stereocenters. The van der Waals surface area contributed by atoms with Gasteiger partial charge in [-0.2, -0.15) is 8.78 Å². The molecular weight excluding hydrogens is 509 g/mol. The van der Waals surface area contributed by atoms with Crippen molar-refractivity contribution in [1.29, 1.82) is 0 Å². The second-order valence-electron chi connectivity index (χ2n) is 7.45. The molecule has 0 radical (unpaired) electrons. The Morgan fingerprint density at radius 1 is 1.23 bits per heavy atom. The molecule has 1 fully saturated rings. The predicted molar refractivity (Wildman–Crippen MR) is 124 cm³/mol. The van der Waals surface area contributed by atoms with E-state index in [4.69, 9.17) is 4.74 Å². The normalized spacial score (nSPS) is 16.7. The zero-order valence-electron chi connectivity index (χ0n) is 17.7. The molecule has 172 valence electrons. The van der Waals surface area contributed by atoms with E-state index in [1.165, 1.54) is 12.1 Å². The molecule has 30 heavy (non-hydrogen) atoms.